The van der Waals surface area contributed by atoms with Gasteiger partial charge in [0, 0.05) is 0 Å². The van der Waals surface area contributed by atoms with E-state index in [2.05, 4.69) is 5.32 Å². The Balaban J connectivity index is 2.59. The average molecular weight is 295 g/mol. The highest BCUT2D eigenvalue weighted by Gasteiger charge is 2.25. The van der Waals surface area contributed by atoms with Gasteiger partial charge in [0.05, 0.1) is 7.11 Å². The SMILES string of the molecule is CCC(C)C(NC(=O)COc1ccccc1OC)C(=O)O. The zero-order chi connectivity index (χ0) is 15.8. The number of hydrogen-bond donors (Lipinski definition) is 2. The van der Waals surface area contributed by atoms with Crippen LogP contribution in [-0.4, -0.2) is 36.7 Å². The highest BCUT2D eigenvalue weighted by atomic mass is 16.5. The summed E-state index contributed by atoms with van der Waals surface area (Å²) < 4.78 is 10.5. The van der Waals surface area contributed by atoms with Gasteiger partial charge in [0.2, 0.25) is 0 Å². The van der Waals surface area contributed by atoms with Crippen LogP contribution in [0.1, 0.15) is 20.3 Å². The van der Waals surface area contributed by atoms with E-state index in [1.807, 2.05) is 6.92 Å². The lowest BCUT2D eigenvalue weighted by Gasteiger charge is -2.20. The van der Waals surface area contributed by atoms with Crippen molar-refractivity contribution in [3.05, 3.63) is 24.3 Å². The molecule has 1 aromatic carbocycles. The molecule has 6 heteroatoms. The fourth-order valence-corrected chi connectivity index (χ4v) is 1.78. The maximum Gasteiger partial charge on any atom is 0.326 e. The molecular formula is C15H21NO5. The lowest BCUT2D eigenvalue weighted by molar-refractivity contribution is -0.143. The Morgan fingerprint density at radius 3 is 2.43 bits per heavy atom. The van der Waals surface area contributed by atoms with E-state index in [0.29, 0.717) is 17.9 Å². The van der Waals surface area contributed by atoms with Crippen LogP contribution in [0.5, 0.6) is 11.5 Å². The Morgan fingerprint density at radius 1 is 1.29 bits per heavy atom. The van der Waals surface area contributed by atoms with Gasteiger partial charge in [0.15, 0.2) is 18.1 Å². The molecule has 116 valence electrons. The standard InChI is InChI=1S/C15H21NO5/c1-4-10(2)14(15(18)19)16-13(17)9-21-12-8-6-5-7-11(12)20-3/h5-8,10,14H,4,9H2,1-3H3,(H,16,17)(H,18,19). The number of amides is 1. The molecular weight excluding hydrogens is 274 g/mol. The predicted octanol–water partition coefficient (Wildman–Crippen LogP) is 1.69. The zero-order valence-corrected chi connectivity index (χ0v) is 12.5. The number of carbonyl (C=O) groups is 2. The van der Waals surface area contributed by atoms with Crippen molar-refractivity contribution in [2.24, 2.45) is 5.92 Å². The van der Waals surface area contributed by atoms with E-state index in [1.54, 1.807) is 31.2 Å². The molecule has 1 rings (SSSR count). The number of rotatable bonds is 8. The van der Waals surface area contributed by atoms with Gasteiger partial charge < -0.3 is 19.9 Å². The normalized spacial score (nSPS) is 13.1. The molecule has 1 aromatic rings. The molecule has 0 spiro atoms. The van der Waals surface area contributed by atoms with Crippen molar-refractivity contribution in [1.82, 2.24) is 5.32 Å². The molecule has 2 atom stereocenters. The minimum absolute atomic E-state index is 0.155. The van der Waals surface area contributed by atoms with E-state index < -0.39 is 17.9 Å². The first-order valence-electron chi connectivity index (χ1n) is 6.77. The summed E-state index contributed by atoms with van der Waals surface area (Å²) in [6.07, 6.45) is 0.657. The van der Waals surface area contributed by atoms with Gasteiger partial charge in [-0.1, -0.05) is 32.4 Å². The summed E-state index contributed by atoms with van der Waals surface area (Å²) in [7, 11) is 1.51. The molecule has 0 saturated heterocycles. The summed E-state index contributed by atoms with van der Waals surface area (Å²) in [4.78, 5) is 22.9. The topological polar surface area (TPSA) is 84.9 Å². The first-order chi connectivity index (χ1) is 9.99. The van der Waals surface area contributed by atoms with Crippen LogP contribution in [0.2, 0.25) is 0 Å². The first-order valence-corrected chi connectivity index (χ1v) is 6.77. The predicted molar refractivity (Wildman–Crippen MR) is 77.5 cm³/mol. The number of aliphatic carboxylic acids is 1. The van der Waals surface area contributed by atoms with Gasteiger partial charge in [-0.05, 0) is 18.1 Å². The van der Waals surface area contributed by atoms with Gasteiger partial charge in [-0.15, -0.1) is 0 Å². The van der Waals surface area contributed by atoms with Gasteiger partial charge in [-0.25, -0.2) is 4.79 Å². The van der Waals surface area contributed by atoms with E-state index in [0.717, 1.165) is 0 Å². The molecule has 0 bridgehead atoms. The molecule has 0 aromatic heterocycles. The van der Waals surface area contributed by atoms with Crippen molar-refractivity contribution in [2.75, 3.05) is 13.7 Å². The largest absolute Gasteiger partial charge is 0.493 e. The van der Waals surface area contributed by atoms with Gasteiger partial charge in [0.1, 0.15) is 6.04 Å². The molecule has 0 fully saturated rings. The summed E-state index contributed by atoms with van der Waals surface area (Å²) in [5.74, 6) is -0.728. The number of hydrogen-bond acceptors (Lipinski definition) is 4. The van der Waals surface area contributed by atoms with Crippen LogP contribution in [0.4, 0.5) is 0 Å². The molecule has 0 saturated carbocycles. The van der Waals surface area contributed by atoms with E-state index in [4.69, 9.17) is 14.6 Å². The fraction of sp³-hybridized carbons (Fsp3) is 0.467. The van der Waals surface area contributed by atoms with Gasteiger partial charge in [-0.2, -0.15) is 0 Å². The molecule has 21 heavy (non-hydrogen) atoms. The number of carboxylic acid groups (broad SMARTS) is 1. The lowest BCUT2D eigenvalue weighted by atomic mass is 9.99. The molecule has 0 aliphatic heterocycles. The maximum absolute atomic E-state index is 11.8. The van der Waals surface area contributed by atoms with Crippen LogP contribution in [0.3, 0.4) is 0 Å². The Bertz CT molecular complexity index is 489. The number of carboxylic acids is 1. The van der Waals surface area contributed by atoms with Crippen LogP contribution < -0.4 is 14.8 Å². The lowest BCUT2D eigenvalue weighted by Crippen LogP contribution is -2.46. The van der Waals surface area contributed by atoms with Crippen molar-refractivity contribution < 1.29 is 24.2 Å². The van der Waals surface area contributed by atoms with Crippen molar-refractivity contribution in [1.29, 1.82) is 0 Å². The second-order valence-corrected chi connectivity index (χ2v) is 4.71. The Kier molecular flexibility index (Phi) is 6.52. The summed E-state index contributed by atoms with van der Waals surface area (Å²) in [5.41, 5.74) is 0. The molecule has 0 aliphatic carbocycles. The van der Waals surface area contributed by atoms with Gasteiger partial charge in [0.25, 0.3) is 5.91 Å². The number of nitrogens with one attached hydrogen (secondary N) is 1. The number of benzene rings is 1. The third-order valence-electron chi connectivity index (χ3n) is 3.22. The van der Waals surface area contributed by atoms with Crippen LogP contribution >= 0.6 is 0 Å². The van der Waals surface area contributed by atoms with Gasteiger partial charge >= 0.3 is 5.97 Å². The number of ether oxygens (including phenoxy) is 2. The van der Waals surface area contributed by atoms with Crippen molar-refractivity contribution in [3.63, 3.8) is 0 Å². The van der Waals surface area contributed by atoms with Crippen LogP contribution in [-0.2, 0) is 9.59 Å². The monoisotopic (exact) mass is 295 g/mol. The summed E-state index contributed by atoms with van der Waals surface area (Å²) in [5, 5.41) is 11.6. The van der Waals surface area contributed by atoms with E-state index >= 15 is 0 Å². The fourth-order valence-electron chi connectivity index (χ4n) is 1.78. The Labute approximate surface area is 124 Å². The first kappa shape index (κ1) is 16.8. The second-order valence-electron chi connectivity index (χ2n) is 4.71. The number of carbonyl (C=O) groups excluding carboxylic acids is 1. The van der Waals surface area contributed by atoms with Crippen LogP contribution in [0.25, 0.3) is 0 Å². The Morgan fingerprint density at radius 2 is 1.90 bits per heavy atom. The molecule has 0 heterocycles. The number of para-hydroxylation sites is 2. The van der Waals surface area contributed by atoms with Crippen LogP contribution in [0.15, 0.2) is 24.3 Å². The van der Waals surface area contributed by atoms with E-state index in [9.17, 15) is 9.59 Å². The van der Waals surface area contributed by atoms with Crippen molar-refractivity contribution >= 4 is 11.9 Å². The average Bonchev–Trinajstić information content (AvgIpc) is 2.49. The maximum atomic E-state index is 11.8. The molecule has 0 radical (unpaired) electrons. The summed E-state index contributed by atoms with van der Waals surface area (Å²) in [6.45, 7) is 3.39. The van der Waals surface area contributed by atoms with Crippen LogP contribution in [0, 0.1) is 5.92 Å². The third kappa shape index (κ3) is 4.98. The minimum atomic E-state index is -1.05. The zero-order valence-electron chi connectivity index (χ0n) is 12.5. The molecule has 2 N–H and O–H groups in total. The molecule has 6 nitrogen and oxygen atoms in total. The molecule has 2 unspecified atom stereocenters. The second kappa shape index (κ2) is 8.14. The highest BCUT2D eigenvalue weighted by Crippen LogP contribution is 2.25. The summed E-state index contributed by atoms with van der Waals surface area (Å²) >= 11 is 0. The summed E-state index contributed by atoms with van der Waals surface area (Å²) in [6, 6.07) is 6.02. The van der Waals surface area contributed by atoms with E-state index in [-0.39, 0.29) is 12.5 Å². The highest BCUT2D eigenvalue weighted by molar-refractivity contribution is 5.84. The van der Waals surface area contributed by atoms with Crippen molar-refractivity contribution in [3.8, 4) is 11.5 Å². The molecule has 0 aliphatic rings. The van der Waals surface area contributed by atoms with Crippen molar-refractivity contribution in [2.45, 2.75) is 26.3 Å². The number of methoxy groups -OCH3 is 1. The molecule has 1 amide bonds. The van der Waals surface area contributed by atoms with E-state index in [1.165, 1.54) is 7.11 Å². The minimum Gasteiger partial charge on any atom is -0.493 e. The third-order valence-corrected chi connectivity index (χ3v) is 3.22. The van der Waals surface area contributed by atoms with Gasteiger partial charge in [-0.3, -0.25) is 4.79 Å². The Hall–Kier alpha value is -2.24. The smallest absolute Gasteiger partial charge is 0.326 e. The quantitative estimate of drug-likeness (QED) is 0.762.